The molecule has 0 aromatic heterocycles. The molecule has 2 aliphatic rings. The zero-order chi connectivity index (χ0) is 18.9. The first kappa shape index (κ1) is 20.2. The van der Waals surface area contributed by atoms with Gasteiger partial charge in [0.1, 0.15) is 5.54 Å². The second kappa shape index (κ2) is 7.23. The van der Waals surface area contributed by atoms with Crippen LogP contribution in [0.3, 0.4) is 0 Å². The zero-order valence-electron chi connectivity index (χ0n) is 16.5. The van der Waals surface area contributed by atoms with Gasteiger partial charge in [0.25, 0.3) is 5.91 Å². The highest BCUT2D eigenvalue weighted by Gasteiger charge is 2.61. The molecule has 2 rings (SSSR count). The lowest BCUT2D eigenvalue weighted by Crippen LogP contribution is -2.68. The van der Waals surface area contributed by atoms with Gasteiger partial charge in [-0.15, -0.1) is 0 Å². The van der Waals surface area contributed by atoms with E-state index in [9.17, 15) is 14.8 Å². The van der Waals surface area contributed by atoms with E-state index >= 15 is 0 Å². The summed E-state index contributed by atoms with van der Waals surface area (Å²) in [5.41, 5.74) is -2.06. The summed E-state index contributed by atoms with van der Waals surface area (Å²) in [4.78, 5) is 26.9. The average molecular weight is 354 g/mol. The predicted octanol–water partition coefficient (Wildman–Crippen LogP) is 3.68. The summed E-state index contributed by atoms with van der Waals surface area (Å²) >= 11 is 0. The van der Waals surface area contributed by atoms with Crippen molar-refractivity contribution in [2.75, 3.05) is 6.54 Å². The Labute approximate surface area is 151 Å². The standard InChI is InChI=1S/C19H35N3O3/c1-6-7-8-9-10-11-12-21-15(23)19(20-16(21)24)13-17(2,3)22(25)18(4,5)14-19/h25H,6-14H2,1-5H3,(H,20,24). The van der Waals surface area contributed by atoms with E-state index in [1.54, 1.807) is 0 Å². The number of hydroxylamine groups is 2. The molecule has 0 radical (unpaired) electrons. The molecular weight excluding hydrogens is 318 g/mol. The van der Waals surface area contributed by atoms with Crippen LogP contribution in [0.15, 0.2) is 0 Å². The van der Waals surface area contributed by atoms with Crippen molar-refractivity contribution in [2.45, 2.75) is 103 Å². The highest BCUT2D eigenvalue weighted by atomic mass is 16.5. The number of nitrogens with zero attached hydrogens (tertiary/aromatic N) is 2. The number of unbranched alkanes of at least 4 members (excludes halogenated alkanes) is 5. The molecule has 0 atom stereocenters. The Morgan fingerprint density at radius 3 is 2.04 bits per heavy atom. The molecule has 0 aromatic rings. The quantitative estimate of drug-likeness (QED) is 0.541. The summed E-state index contributed by atoms with van der Waals surface area (Å²) in [6, 6.07) is -0.281. The maximum atomic E-state index is 13.1. The number of amides is 3. The van der Waals surface area contributed by atoms with Gasteiger partial charge < -0.3 is 10.5 Å². The van der Waals surface area contributed by atoms with Crippen molar-refractivity contribution >= 4 is 11.9 Å². The first-order valence-corrected chi connectivity index (χ1v) is 9.69. The van der Waals surface area contributed by atoms with Gasteiger partial charge in [0.05, 0.1) is 0 Å². The molecular formula is C19H35N3O3. The van der Waals surface area contributed by atoms with E-state index in [1.807, 2.05) is 27.7 Å². The van der Waals surface area contributed by atoms with Crippen molar-refractivity contribution in [3.8, 4) is 0 Å². The van der Waals surface area contributed by atoms with Crippen LogP contribution < -0.4 is 5.32 Å². The zero-order valence-corrected chi connectivity index (χ0v) is 16.5. The molecule has 0 aromatic carbocycles. The van der Waals surface area contributed by atoms with Gasteiger partial charge in [-0.2, -0.15) is 5.06 Å². The largest absolute Gasteiger partial charge is 0.325 e. The van der Waals surface area contributed by atoms with Crippen molar-refractivity contribution in [3.63, 3.8) is 0 Å². The van der Waals surface area contributed by atoms with Crippen LogP contribution in [0.25, 0.3) is 0 Å². The second-order valence-electron chi connectivity index (χ2n) is 9.03. The Kier molecular flexibility index (Phi) is 5.84. The molecule has 2 N–H and O–H groups in total. The SMILES string of the molecule is CCCCCCCCN1C(=O)NC2(CC(C)(C)N(O)C(C)(C)C2)C1=O. The van der Waals surface area contributed by atoms with E-state index in [-0.39, 0.29) is 11.9 Å². The Hall–Kier alpha value is -1.14. The monoisotopic (exact) mass is 353 g/mol. The summed E-state index contributed by atoms with van der Waals surface area (Å²) in [5.74, 6) is -0.125. The Bertz CT molecular complexity index is 498. The molecule has 1 spiro atoms. The molecule has 0 bridgehead atoms. The van der Waals surface area contributed by atoms with Gasteiger partial charge in [0, 0.05) is 17.6 Å². The molecule has 2 heterocycles. The Morgan fingerprint density at radius 2 is 1.48 bits per heavy atom. The van der Waals surface area contributed by atoms with Crippen LogP contribution in [0.2, 0.25) is 0 Å². The van der Waals surface area contributed by atoms with Gasteiger partial charge in [0.2, 0.25) is 0 Å². The number of imide groups is 1. The van der Waals surface area contributed by atoms with Gasteiger partial charge in [-0.1, -0.05) is 39.0 Å². The molecule has 6 nitrogen and oxygen atoms in total. The molecule has 2 saturated heterocycles. The van der Waals surface area contributed by atoms with Crippen molar-refractivity contribution in [1.82, 2.24) is 15.3 Å². The fraction of sp³-hybridized carbons (Fsp3) is 0.895. The average Bonchev–Trinajstić information content (AvgIpc) is 2.71. The van der Waals surface area contributed by atoms with E-state index in [2.05, 4.69) is 12.2 Å². The highest BCUT2D eigenvalue weighted by Crippen LogP contribution is 2.44. The van der Waals surface area contributed by atoms with Gasteiger partial charge in [-0.25, -0.2) is 4.79 Å². The Balaban J connectivity index is 2.02. The normalized spacial score (nSPS) is 24.8. The van der Waals surface area contributed by atoms with Crippen LogP contribution in [0.1, 0.15) is 86.0 Å². The van der Waals surface area contributed by atoms with Crippen LogP contribution in [0, 0.1) is 0 Å². The summed E-state index contributed by atoms with van der Waals surface area (Å²) in [6.07, 6.45) is 7.56. The van der Waals surface area contributed by atoms with Crippen LogP contribution >= 0.6 is 0 Å². The molecule has 2 aliphatic heterocycles. The van der Waals surface area contributed by atoms with Crippen molar-refractivity contribution in [3.05, 3.63) is 0 Å². The number of carbonyl (C=O) groups is 2. The minimum Gasteiger partial charge on any atom is -0.323 e. The maximum absolute atomic E-state index is 13.1. The third-order valence-corrected chi connectivity index (χ3v) is 5.60. The molecule has 6 heteroatoms. The number of hydrogen-bond acceptors (Lipinski definition) is 4. The fourth-order valence-electron chi connectivity index (χ4n) is 4.68. The van der Waals surface area contributed by atoms with Crippen LogP contribution in [-0.4, -0.2) is 50.3 Å². The lowest BCUT2D eigenvalue weighted by molar-refractivity contribution is -0.253. The highest BCUT2D eigenvalue weighted by molar-refractivity contribution is 6.07. The molecule has 2 fully saturated rings. The van der Waals surface area contributed by atoms with E-state index < -0.39 is 16.6 Å². The minimum atomic E-state index is -0.897. The van der Waals surface area contributed by atoms with E-state index in [0.717, 1.165) is 19.3 Å². The van der Waals surface area contributed by atoms with Gasteiger partial charge >= 0.3 is 6.03 Å². The topological polar surface area (TPSA) is 72.9 Å². The van der Waals surface area contributed by atoms with Gasteiger partial charge in [-0.3, -0.25) is 9.69 Å². The molecule has 25 heavy (non-hydrogen) atoms. The predicted molar refractivity (Wildman–Crippen MR) is 97.4 cm³/mol. The van der Waals surface area contributed by atoms with E-state index in [1.165, 1.54) is 29.2 Å². The number of carbonyl (C=O) groups excluding carboxylic acids is 2. The summed E-state index contributed by atoms with van der Waals surface area (Å²) in [5, 5.41) is 14.8. The lowest BCUT2D eigenvalue weighted by Gasteiger charge is -2.54. The van der Waals surface area contributed by atoms with E-state index in [4.69, 9.17) is 0 Å². The summed E-state index contributed by atoms with van der Waals surface area (Å²) < 4.78 is 0. The molecule has 0 saturated carbocycles. The van der Waals surface area contributed by atoms with Crippen LogP contribution in [0.4, 0.5) is 4.79 Å². The Morgan fingerprint density at radius 1 is 0.960 bits per heavy atom. The first-order chi connectivity index (χ1) is 11.6. The number of urea groups is 1. The van der Waals surface area contributed by atoms with E-state index in [0.29, 0.717) is 19.4 Å². The van der Waals surface area contributed by atoms with Crippen molar-refractivity contribution < 1.29 is 14.8 Å². The molecule has 0 unspecified atom stereocenters. The fourth-order valence-corrected chi connectivity index (χ4v) is 4.68. The second-order valence-corrected chi connectivity index (χ2v) is 9.03. The van der Waals surface area contributed by atoms with Crippen molar-refractivity contribution in [2.24, 2.45) is 0 Å². The number of nitrogens with one attached hydrogen (secondary N) is 1. The smallest absolute Gasteiger partial charge is 0.323 e. The molecule has 3 amide bonds. The first-order valence-electron chi connectivity index (χ1n) is 9.69. The maximum Gasteiger partial charge on any atom is 0.325 e. The summed E-state index contributed by atoms with van der Waals surface area (Å²) in [6.45, 7) is 10.3. The lowest BCUT2D eigenvalue weighted by atomic mass is 9.70. The number of piperidine rings is 1. The number of rotatable bonds is 7. The van der Waals surface area contributed by atoms with Gasteiger partial charge in [-0.05, 0) is 47.0 Å². The third-order valence-electron chi connectivity index (χ3n) is 5.60. The minimum absolute atomic E-state index is 0.125. The van der Waals surface area contributed by atoms with Gasteiger partial charge in [0.15, 0.2) is 0 Å². The molecule has 144 valence electrons. The summed E-state index contributed by atoms with van der Waals surface area (Å²) in [7, 11) is 0. The third kappa shape index (κ3) is 4.00. The molecule has 0 aliphatic carbocycles. The van der Waals surface area contributed by atoms with Crippen LogP contribution in [-0.2, 0) is 4.79 Å². The van der Waals surface area contributed by atoms with Crippen molar-refractivity contribution in [1.29, 1.82) is 0 Å². The number of hydrogen-bond donors (Lipinski definition) is 2. The van der Waals surface area contributed by atoms with Crippen LogP contribution in [0.5, 0.6) is 0 Å².